The van der Waals surface area contributed by atoms with Gasteiger partial charge >= 0.3 is 17.3 Å². The van der Waals surface area contributed by atoms with Crippen molar-refractivity contribution in [3.63, 3.8) is 0 Å². The van der Waals surface area contributed by atoms with E-state index in [4.69, 9.17) is 4.84 Å². The summed E-state index contributed by atoms with van der Waals surface area (Å²) in [4.78, 5) is 40.3. The second-order valence-electron chi connectivity index (χ2n) is 8.37. The molecule has 3 fully saturated rings. The summed E-state index contributed by atoms with van der Waals surface area (Å²) in [6, 6.07) is 0.00599. The second kappa shape index (κ2) is 7.46. The third kappa shape index (κ3) is 3.42. The minimum Gasteiger partial charge on any atom is -0.374 e. The van der Waals surface area contributed by atoms with Crippen LogP contribution in [-0.4, -0.2) is 26.9 Å². The predicted octanol–water partition coefficient (Wildman–Crippen LogP) is 3.15. The molecular formula is C18H25BrN4O5. The summed E-state index contributed by atoms with van der Waals surface area (Å²) >= 11 is 3.14. The van der Waals surface area contributed by atoms with Crippen molar-refractivity contribution in [2.45, 2.75) is 59.4 Å². The molecule has 0 unspecified atom stereocenters. The van der Waals surface area contributed by atoms with Gasteiger partial charge in [-0.25, -0.2) is 4.79 Å². The lowest BCUT2D eigenvalue weighted by Gasteiger charge is -2.62. The Balaban J connectivity index is 1.91. The number of hydrogen-bond acceptors (Lipinski definition) is 7. The van der Waals surface area contributed by atoms with Gasteiger partial charge in [0, 0.05) is 12.5 Å². The van der Waals surface area contributed by atoms with Crippen LogP contribution in [0.15, 0.2) is 9.27 Å². The molecule has 2 bridgehead atoms. The Kier molecular flexibility index (Phi) is 5.53. The molecular weight excluding hydrogens is 432 g/mol. The number of carbonyl (C=O) groups is 1. The number of fused-ring (bicyclic) bond motifs is 2. The van der Waals surface area contributed by atoms with Crippen LogP contribution in [0.25, 0.3) is 0 Å². The Hall–Kier alpha value is -1.97. The van der Waals surface area contributed by atoms with E-state index >= 15 is 0 Å². The van der Waals surface area contributed by atoms with E-state index in [0.29, 0.717) is 29.0 Å². The molecule has 0 radical (unpaired) electrons. The molecule has 0 aliphatic heterocycles. The van der Waals surface area contributed by atoms with Crippen LogP contribution in [0, 0.1) is 33.3 Å². The van der Waals surface area contributed by atoms with Crippen molar-refractivity contribution in [3.8, 4) is 0 Å². The van der Waals surface area contributed by atoms with Gasteiger partial charge in [-0.05, 0) is 63.3 Å². The smallest absolute Gasteiger partial charge is 0.374 e. The third-order valence-corrected chi connectivity index (χ3v) is 7.23. The molecule has 1 heterocycles. The van der Waals surface area contributed by atoms with Gasteiger partial charge in [0.2, 0.25) is 0 Å². The van der Waals surface area contributed by atoms with E-state index in [-0.39, 0.29) is 28.0 Å². The van der Waals surface area contributed by atoms with E-state index in [0.717, 1.165) is 6.42 Å². The Morgan fingerprint density at radius 2 is 2.14 bits per heavy atom. The molecule has 28 heavy (non-hydrogen) atoms. The highest BCUT2D eigenvalue weighted by atomic mass is 79.9. The largest absolute Gasteiger partial charge is 0.416 e. The van der Waals surface area contributed by atoms with Crippen molar-refractivity contribution < 1.29 is 14.6 Å². The standard InChI is InChI=1S/C18H25BrN4O5/c1-5-6-13(24)28-22-17(25)14(19)15(16(21-22)23(26)27)20-12-8-10-7-11(9(12)2)18(10,3)4/h9-12,20H,5-8H2,1-4H3/t9-,10+,11-,12-/m1/s1. The fraction of sp³-hybridized carbons (Fsp3) is 0.722. The van der Waals surface area contributed by atoms with E-state index < -0.39 is 22.3 Å². The van der Waals surface area contributed by atoms with E-state index in [2.05, 4.69) is 47.1 Å². The average molecular weight is 457 g/mol. The molecule has 3 aliphatic rings. The molecule has 0 amide bonds. The van der Waals surface area contributed by atoms with Crippen LogP contribution in [0.1, 0.15) is 53.4 Å². The van der Waals surface area contributed by atoms with Crippen molar-refractivity contribution in [2.75, 3.05) is 5.32 Å². The van der Waals surface area contributed by atoms with Gasteiger partial charge in [-0.15, -0.1) is 0 Å². The number of rotatable bonds is 6. The molecule has 154 valence electrons. The Labute approximate surface area is 171 Å². The fourth-order valence-electron chi connectivity index (χ4n) is 4.66. The second-order valence-corrected chi connectivity index (χ2v) is 9.16. The minimum atomic E-state index is -0.758. The maximum Gasteiger partial charge on any atom is 0.416 e. The van der Waals surface area contributed by atoms with Crippen LogP contribution < -0.4 is 15.7 Å². The molecule has 4 rings (SSSR count). The zero-order valence-electron chi connectivity index (χ0n) is 16.4. The van der Waals surface area contributed by atoms with Crippen LogP contribution in [0.5, 0.6) is 0 Å². The maximum absolute atomic E-state index is 12.5. The summed E-state index contributed by atoms with van der Waals surface area (Å²) in [6.45, 7) is 8.45. The zero-order chi connectivity index (χ0) is 20.8. The van der Waals surface area contributed by atoms with Gasteiger partial charge in [0.15, 0.2) is 5.69 Å². The molecule has 9 nitrogen and oxygen atoms in total. The molecule has 3 aliphatic carbocycles. The van der Waals surface area contributed by atoms with Gasteiger partial charge in [-0.1, -0.05) is 27.7 Å². The number of nitro groups is 1. The topological polar surface area (TPSA) is 116 Å². The first-order valence-corrected chi connectivity index (χ1v) is 10.3. The molecule has 0 saturated heterocycles. The van der Waals surface area contributed by atoms with Crippen molar-refractivity contribution in [3.05, 3.63) is 24.9 Å². The van der Waals surface area contributed by atoms with E-state index in [1.165, 1.54) is 6.42 Å². The quantitative estimate of drug-likeness (QED) is 0.515. The first kappa shape index (κ1) is 20.8. The number of nitrogens with zero attached hydrogens (tertiary/aromatic N) is 3. The monoisotopic (exact) mass is 456 g/mol. The van der Waals surface area contributed by atoms with E-state index in [9.17, 15) is 19.7 Å². The van der Waals surface area contributed by atoms with Gasteiger partial charge in [-0.3, -0.25) is 9.63 Å². The van der Waals surface area contributed by atoms with Crippen molar-refractivity contribution in [2.24, 2.45) is 23.2 Å². The Morgan fingerprint density at radius 3 is 2.68 bits per heavy atom. The summed E-state index contributed by atoms with van der Waals surface area (Å²) in [6.07, 6.45) is 2.65. The van der Waals surface area contributed by atoms with Crippen LogP contribution in [0.3, 0.4) is 0 Å². The molecule has 1 aromatic rings. The zero-order valence-corrected chi connectivity index (χ0v) is 18.0. The summed E-state index contributed by atoms with van der Waals surface area (Å²) in [5, 5.41) is 18.4. The highest BCUT2D eigenvalue weighted by molar-refractivity contribution is 9.10. The van der Waals surface area contributed by atoms with Gasteiger partial charge in [0.25, 0.3) is 0 Å². The first-order valence-electron chi connectivity index (χ1n) is 9.52. The highest BCUT2D eigenvalue weighted by Gasteiger charge is 2.56. The van der Waals surface area contributed by atoms with Crippen LogP contribution in [-0.2, 0) is 4.79 Å². The number of aromatic nitrogens is 2. The number of carbonyl (C=O) groups excluding carboxylic acids is 1. The molecule has 0 aromatic carbocycles. The summed E-state index contributed by atoms with van der Waals surface area (Å²) in [5.74, 6) is 0.150. The van der Waals surface area contributed by atoms with E-state index in [1.807, 2.05) is 0 Å². The van der Waals surface area contributed by atoms with Crippen molar-refractivity contribution >= 4 is 33.4 Å². The first-order chi connectivity index (χ1) is 13.1. The van der Waals surface area contributed by atoms with Gasteiger partial charge < -0.3 is 15.4 Å². The lowest BCUT2D eigenvalue weighted by molar-refractivity contribution is -0.390. The molecule has 3 saturated carbocycles. The third-order valence-electron chi connectivity index (χ3n) is 6.49. The van der Waals surface area contributed by atoms with Gasteiger partial charge in [0.1, 0.15) is 9.57 Å². The number of halogens is 1. The van der Waals surface area contributed by atoms with Crippen LogP contribution in [0.2, 0.25) is 0 Å². The summed E-state index contributed by atoms with van der Waals surface area (Å²) < 4.78 is -0.0656. The van der Waals surface area contributed by atoms with Gasteiger partial charge in [0.05, 0.1) is 4.85 Å². The van der Waals surface area contributed by atoms with E-state index in [1.54, 1.807) is 6.92 Å². The molecule has 1 N–H and O–H groups in total. The Morgan fingerprint density at radius 1 is 1.46 bits per heavy atom. The number of hydrogen-bond donors (Lipinski definition) is 1. The summed E-state index contributed by atoms with van der Waals surface area (Å²) in [5.41, 5.74) is -0.448. The molecule has 0 spiro atoms. The lowest BCUT2D eigenvalue weighted by Crippen LogP contribution is -2.58. The van der Waals surface area contributed by atoms with Gasteiger partial charge in [-0.2, -0.15) is 0 Å². The normalized spacial score (nSPS) is 27.6. The van der Waals surface area contributed by atoms with Crippen LogP contribution in [0.4, 0.5) is 11.5 Å². The molecule has 10 heteroatoms. The molecule has 1 aromatic heterocycles. The molecule has 4 atom stereocenters. The number of nitrogens with one attached hydrogen (secondary N) is 1. The maximum atomic E-state index is 12.5. The van der Waals surface area contributed by atoms with Crippen LogP contribution >= 0.6 is 15.9 Å². The fourth-order valence-corrected chi connectivity index (χ4v) is 5.10. The lowest BCUT2D eigenvalue weighted by atomic mass is 9.45. The highest BCUT2D eigenvalue weighted by Crippen LogP contribution is 2.61. The summed E-state index contributed by atoms with van der Waals surface area (Å²) in [7, 11) is 0. The predicted molar refractivity (Wildman–Crippen MR) is 106 cm³/mol. The van der Waals surface area contributed by atoms with Crippen molar-refractivity contribution in [1.29, 1.82) is 0 Å². The van der Waals surface area contributed by atoms with Crippen molar-refractivity contribution in [1.82, 2.24) is 9.94 Å². The Bertz CT molecular complexity index is 868. The average Bonchev–Trinajstić information content (AvgIpc) is 2.62. The minimum absolute atomic E-state index is 0.00599. The number of anilines is 1. The SMILES string of the molecule is CCCC(=O)On1nc([N+](=O)[O-])c(N[C@@H]2C[C@@H]3C[C@H]([C@H]2C)C3(C)C)c(Br)c1=O.